The van der Waals surface area contributed by atoms with E-state index in [1.165, 1.54) is 40.6 Å². The number of carbonyl (C=O) groups excluding carboxylic acids is 2. The predicted octanol–water partition coefficient (Wildman–Crippen LogP) is 5.57. The minimum atomic E-state index is -0.200. The van der Waals surface area contributed by atoms with Crippen molar-refractivity contribution in [2.75, 3.05) is 18.8 Å². The van der Waals surface area contributed by atoms with Crippen LogP contribution < -0.4 is 0 Å². The van der Waals surface area contributed by atoms with Crippen LogP contribution in [0.1, 0.15) is 16.7 Å². The number of amides is 2. The lowest BCUT2D eigenvalue weighted by Crippen LogP contribution is -2.45. The predicted molar refractivity (Wildman–Crippen MR) is 142 cm³/mol. The number of thioether (sulfide) groups is 1. The lowest BCUT2D eigenvalue weighted by Gasteiger charge is -2.34. The minimum Gasteiger partial charge on any atom is -0.268 e. The molecule has 0 bridgehead atoms. The normalized spacial score (nSPS) is 13.9. The number of aryl methyl sites for hydroxylation is 1. The minimum absolute atomic E-state index is 0.200. The fourth-order valence-corrected chi connectivity index (χ4v) is 5.42. The van der Waals surface area contributed by atoms with Crippen LogP contribution in [0.4, 0.5) is 0 Å². The van der Waals surface area contributed by atoms with Crippen LogP contribution in [0.5, 0.6) is 0 Å². The van der Waals surface area contributed by atoms with Crippen molar-refractivity contribution >= 4 is 35.7 Å². The van der Waals surface area contributed by atoms with Crippen LogP contribution in [-0.4, -0.2) is 39.3 Å². The maximum atomic E-state index is 13.2. The van der Waals surface area contributed by atoms with Crippen molar-refractivity contribution in [2.45, 2.75) is 19.3 Å². The van der Waals surface area contributed by atoms with E-state index in [0.29, 0.717) is 13.1 Å². The molecule has 4 nitrogen and oxygen atoms in total. The maximum absolute atomic E-state index is 13.2. The number of nitrogens with zero attached hydrogens (tertiary/aromatic N) is 2. The highest BCUT2D eigenvalue weighted by Gasteiger charge is 2.36. The first-order valence-corrected chi connectivity index (χ1v) is 13.2. The quantitative estimate of drug-likeness (QED) is 0.162. The van der Waals surface area contributed by atoms with Crippen molar-refractivity contribution in [2.24, 2.45) is 0 Å². The first-order chi connectivity index (χ1) is 16.7. The highest BCUT2D eigenvalue weighted by atomic mass is 32.2. The molecule has 0 aromatic heterocycles. The SMILES string of the molecule is O=C1C(=CSCCc2ccccc2)C(=O)N(CCc2ccccc2)SN1CCc1ccccc1. The molecule has 0 aliphatic carbocycles. The Kier molecular flexibility index (Phi) is 8.88. The van der Waals surface area contributed by atoms with Crippen LogP contribution in [0, 0.1) is 0 Å². The van der Waals surface area contributed by atoms with Gasteiger partial charge >= 0.3 is 0 Å². The van der Waals surface area contributed by atoms with Gasteiger partial charge in [0, 0.05) is 18.8 Å². The molecule has 0 saturated carbocycles. The van der Waals surface area contributed by atoms with Gasteiger partial charge in [-0.05, 0) is 41.4 Å². The van der Waals surface area contributed by atoms with E-state index in [2.05, 4.69) is 36.4 Å². The molecule has 4 rings (SSSR count). The molecule has 34 heavy (non-hydrogen) atoms. The number of hydrogen-bond donors (Lipinski definition) is 0. The lowest BCUT2D eigenvalue weighted by atomic mass is 10.1. The number of carbonyl (C=O) groups is 2. The highest BCUT2D eigenvalue weighted by Crippen LogP contribution is 2.30. The summed E-state index contributed by atoms with van der Waals surface area (Å²) < 4.78 is 3.45. The van der Waals surface area contributed by atoms with Crippen molar-refractivity contribution < 1.29 is 9.59 Å². The van der Waals surface area contributed by atoms with Gasteiger partial charge in [0.15, 0.2) is 0 Å². The third kappa shape index (κ3) is 6.78. The molecule has 0 spiro atoms. The molecule has 174 valence electrons. The van der Waals surface area contributed by atoms with Gasteiger partial charge in [0.1, 0.15) is 5.57 Å². The van der Waals surface area contributed by atoms with Crippen LogP contribution >= 0.6 is 23.9 Å². The Morgan fingerprint density at radius 1 is 0.618 bits per heavy atom. The molecule has 3 aromatic carbocycles. The van der Waals surface area contributed by atoms with Gasteiger partial charge in [0.2, 0.25) is 0 Å². The molecular formula is C28H28N2O2S2. The van der Waals surface area contributed by atoms with Crippen LogP contribution in [0.2, 0.25) is 0 Å². The fourth-order valence-electron chi connectivity index (χ4n) is 3.65. The highest BCUT2D eigenvalue weighted by molar-refractivity contribution is 8.02. The topological polar surface area (TPSA) is 40.6 Å². The molecule has 1 fully saturated rings. The molecule has 0 atom stereocenters. The molecule has 0 radical (unpaired) electrons. The molecule has 3 aromatic rings. The number of rotatable bonds is 10. The van der Waals surface area contributed by atoms with E-state index in [1.54, 1.807) is 14.0 Å². The van der Waals surface area contributed by atoms with Crippen LogP contribution in [0.15, 0.2) is 102 Å². The Balaban J connectivity index is 1.43. The largest absolute Gasteiger partial charge is 0.271 e. The Morgan fingerprint density at radius 2 is 1.03 bits per heavy atom. The second-order valence-electron chi connectivity index (χ2n) is 8.01. The molecule has 1 aliphatic rings. The average molecular weight is 489 g/mol. The summed E-state index contributed by atoms with van der Waals surface area (Å²) in [6.07, 6.45) is 2.38. The van der Waals surface area contributed by atoms with Crippen LogP contribution in [-0.2, 0) is 28.9 Å². The molecular weight excluding hydrogens is 460 g/mol. The van der Waals surface area contributed by atoms with E-state index >= 15 is 0 Å². The van der Waals surface area contributed by atoms with E-state index in [1.807, 2.05) is 54.6 Å². The summed E-state index contributed by atoms with van der Waals surface area (Å²) in [5.74, 6) is 0.415. The van der Waals surface area contributed by atoms with Gasteiger partial charge in [-0.3, -0.25) is 18.2 Å². The molecule has 6 heteroatoms. The molecule has 2 amide bonds. The lowest BCUT2D eigenvalue weighted by molar-refractivity contribution is -0.130. The standard InChI is InChI=1S/C28H28N2O2S2/c31-27-26(22-33-21-18-25-14-8-3-9-15-25)28(32)30(20-17-24-12-6-2-7-13-24)34-29(27)19-16-23-10-4-1-5-11-23/h1-15,22H,16-21H2. The third-order valence-electron chi connectivity index (χ3n) is 5.56. The first-order valence-electron chi connectivity index (χ1n) is 11.5. The summed E-state index contributed by atoms with van der Waals surface area (Å²) in [6.45, 7) is 1.10. The van der Waals surface area contributed by atoms with Crippen LogP contribution in [0.3, 0.4) is 0 Å². The van der Waals surface area contributed by atoms with E-state index in [0.717, 1.165) is 25.0 Å². The zero-order valence-corrected chi connectivity index (χ0v) is 20.6. The summed E-state index contributed by atoms with van der Waals surface area (Å²) in [5, 5.41) is 1.76. The summed E-state index contributed by atoms with van der Waals surface area (Å²) >= 11 is 2.77. The average Bonchev–Trinajstić information content (AvgIpc) is 2.89. The molecule has 1 saturated heterocycles. The van der Waals surface area contributed by atoms with Gasteiger partial charge in [-0.2, -0.15) is 0 Å². The fraction of sp³-hybridized carbons (Fsp3) is 0.214. The van der Waals surface area contributed by atoms with Crippen LogP contribution in [0.25, 0.3) is 0 Å². The van der Waals surface area contributed by atoms with Crippen molar-refractivity contribution in [3.05, 3.63) is 119 Å². The Bertz CT molecular complexity index is 1040. The Labute approximate surface area is 210 Å². The summed E-state index contributed by atoms with van der Waals surface area (Å²) in [5.41, 5.74) is 3.86. The molecule has 1 heterocycles. The second kappa shape index (κ2) is 12.5. The molecule has 0 N–H and O–H groups in total. The monoisotopic (exact) mass is 488 g/mol. The van der Waals surface area contributed by atoms with E-state index in [4.69, 9.17) is 0 Å². The van der Waals surface area contributed by atoms with Gasteiger partial charge < -0.3 is 0 Å². The first kappa shape index (κ1) is 24.2. The summed E-state index contributed by atoms with van der Waals surface area (Å²) in [6, 6.07) is 30.5. The third-order valence-corrected chi connectivity index (χ3v) is 7.49. The van der Waals surface area contributed by atoms with Crippen molar-refractivity contribution in [3.8, 4) is 0 Å². The van der Waals surface area contributed by atoms with Gasteiger partial charge in [-0.25, -0.2) is 0 Å². The second-order valence-corrected chi connectivity index (χ2v) is 10.0. The van der Waals surface area contributed by atoms with Gasteiger partial charge in [0.25, 0.3) is 11.8 Å². The number of benzene rings is 3. The van der Waals surface area contributed by atoms with E-state index in [-0.39, 0.29) is 17.4 Å². The smallest absolute Gasteiger partial charge is 0.268 e. The zero-order chi connectivity index (χ0) is 23.6. The zero-order valence-electron chi connectivity index (χ0n) is 19.0. The van der Waals surface area contributed by atoms with Crippen molar-refractivity contribution in [1.82, 2.24) is 8.61 Å². The van der Waals surface area contributed by atoms with Gasteiger partial charge in [0.05, 0.1) is 12.1 Å². The van der Waals surface area contributed by atoms with E-state index < -0.39 is 0 Å². The molecule has 0 unspecified atom stereocenters. The maximum Gasteiger partial charge on any atom is 0.271 e. The number of hydrogen-bond acceptors (Lipinski definition) is 4. The summed E-state index contributed by atoms with van der Waals surface area (Å²) in [7, 11) is 0. The summed E-state index contributed by atoms with van der Waals surface area (Å²) in [4.78, 5) is 26.4. The van der Waals surface area contributed by atoms with Gasteiger partial charge in [-0.1, -0.05) is 91.0 Å². The van der Waals surface area contributed by atoms with Crippen molar-refractivity contribution in [3.63, 3.8) is 0 Å². The Morgan fingerprint density at radius 3 is 1.47 bits per heavy atom. The van der Waals surface area contributed by atoms with Gasteiger partial charge in [-0.15, -0.1) is 11.8 Å². The Hall–Kier alpha value is -2.96. The molecule has 1 aliphatic heterocycles. The van der Waals surface area contributed by atoms with Crippen molar-refractivity contribution in [1.29, 1.82) is 0 Å². The van der Waals surface area contributed by atoms with E-state index in [9.17, 15) is 9.59 Å².